The number of hydrogen-bond donors (Lipinski definition) is 2. The van der Waals surface area contributed by atoms with Gasteiger partial charge in [-0.1, -0.05) is 12.2 Å². The van der Waals surface area contributed by atoms with E-state index in [2.05, 4.69) is 4.72 Å². The summed E-state index contributed by atoms with van der Waals surface area (Å²) in [5.74, 6) is 1.10. The van der Waals surface area contributed by atoms with Crippen molar-refractivity contribution >= 4 is 49.4 Å². The standard InChI is InChI=1S/C10H14N2O3S4/c11-10(16)8-1-2-9(17-8)19(14,15)12-7-3-5-18(13)6-4-7/h1-2,7,12H,3-6H2,(H2,11,16). The molecule has 0 radical (unpaired) electrons. The monoisotopic (exact) mass is 338 g/mol. The zero-order chi connectivity index (χ0) is 14.0. The Balaban J connectivity index is 2.09. The minimum atomic E-state index is -3.54. The van der Waals surface area contributed by atoms with Crippen molar-refractivity contribution in [2.24, 2.45) is 5.73 Å². The van der Waals surface area contributed by atoms with Crippen molar-refractivity contribution in [1.29, 1.82) is 0 Å². The van der Waals surface area contributed by atoms with E-state index in [1.807, 2.05) is 0 Å². The first-order valence-corrected chi connectivity index (χ1v) is 9.85. The quantitative estimate of drug-likeness (QED) is 0.784. The van der Waals surface area contributed by atoms with E-state index < -0.39 is 20.8 Å². The highest BCUT2D eigenvalue weighted by Gasteiger charge is 2.25. The van der Waals surface area contributed by atoms with E-state index >= 15 is 0 Å². The van der Waals surface area contributed by atoms with Gasteiger partial charge in [-0.15, -0.1) is 11.3 Å². The summed E-state index contributed by atoms with van der Waals surface area (Å²) in [4.78, 5) is 0.777. The van der Waals surface area contributed by atoms with Crippen LogP contribution in [-0.4, -0.2) is 35.2 Å². The van der Waals surface area contributed by atoms with Crippen LogP contribution in [0, 0.1) is 0 Å². The Kier molecular flexibility index (Phi) is 4.72. The van der Waals surface area contributed by atoms with Gasteiger partial charge in [0.1, 0.15) is 9.20 Å². The van der Waals surface area contributed by atoms with E-state index in [-0.39, 0.29) is 15.2 Å². The van der Waals surface area contributed by atoms with Gasteiger partial charge in [-0.25, -0.2) is 13.1 Å². The lowest BCUT2D eigenvalue weighted by molar-refractivity contribution is 0.523. The minimum absolute atomic E-state index is 0.141. The summed E-state index contributed by atoms with van der Waals surface area (Å²) in [6.07, 6.45) is 1.22. The van der Waals surface area contributed by atoms with E-state index in [1.165, 1.54) is 6.07 Å². The highest BCUT2D eigenvalue weighted by atomic mass is 32.2. The van der Waals surface area contributed by atoms with Crippen LogP contribution >= 0.6 is 23.6 Å². The highest BCUT2D eigenvalue weighted by molar-refractivity contribution is 7.91. The Labute approximate surface area is 124 Å². The Morgan fingerprint density at radius 2 is 2.05 bits per heavy atom. The molecule has 106 valence electrons. The fourth-order valence-electron chi connectivity index (χ4n) is 1.79. The number of rotatable bonds is 4. The molecule has 2 rings (SSSR count). The van der Waals surface area contributed by atoms with Crippen molar-refractivity contribution < 1.29 is 12.6 Å². The predicted octanol–water partition coefficient (Wildman–Crippen LogP) is 0.572. The zero-order valence-corrected chi connectivity index (χ0v) is 13.3. The van der Waals surface area contributed by atoms with Crippen molar-refractivity contribution in [2.75, 3.05) is 11.5 Å². The largest absolute Gasteiger partial charge is 0.389 e. The third-order valence-corrected chi connectivity index (χ3v) is 7.66. The Hall–Kier alpha value is -0.350. The van der Waals surface area contributed by atoms with Crippen molar-refractivity contribution in [3.8, 4) is 0 Å². The third kappa shape index (κ3) is 3.82. The molecule has 5 nitrogen and oxygen atoms in total. The topological polar surface area (TPSA) is 89.3 Å². The average Bonchev–Trinajstić information content (AvgIpc) is 2.82. The molecule has 1 saturated heterocycles. The summed E-state index contributed by atoms with van der Waals surface area (Å²) in [5, 5.41) is 0. The molecule has 0 amide bonds. The van der Waals surface area contributed by atoms with Crippen molar-refractivity contribution in [2.45, 2.75) is 23.1 Å². The summed E-state index contributed by atoms with van der Waals surface area (Å²) < 4.78 is 38.4. The Bertz CT molecular complexity index is 598. The first-order valence-electron chi connectivity index (χ1n) is 5.65. The molecule has 0 aliphatic carbocycles. The molecule has 1 aromatic heterocycles. The second-order valence-electron chi connectivity index (χ2n) is 4.23. The summed E-state index contributed by atoms with van der Waals surface area (Å²) >= 11 is 5.87. The lowest BCUT2D eigenvalue weighted by Crippen LogP contribution is -2.39. The molecule has 9 heteroatoms. The Morgan fingerprint density at radius 1 is 1.42 bits per heavy atom. The van der Waals surface area contributed by atoms with Gasteiger partial charge < -0.3 is 5.73 Å². The third-order valence-electron chi connectivity index (χ3n) is 2.80. The molecule has 0 bridgehead atoms. The highest BCUT2D eigenvalue weighted by Crippen LogP contribution is 2.22. The molecule has 19 heavy (non-hydrogen) atoms. The second-order valence-corrected chi connectivity index (χ2v) is 9.39. The number of nitrogens with one attached hydrogen (secondary N) is 1. The number of sulfonamides is 1. The molecule has 0 saturated carbocycles. The molecule has 0 unspecified atom stereocenters. The number of hydrogen-bond acceptors (Lipinski definition) is 5. The van der Waals surface area contributed by atoms with Gasteiger partial charge in [-0.2, -0.15) is 0 Å². The lowest BCUT2D eigenvalue weighted by atomic mass is 10.2. The minimum Gasteiger partial charge on any atom is -0.389 e. The molecule has 1 fully saturated rings. The van der Waals surface area contributed by atoms with Crippen LogP contribution in [0.5, 0.6) is 0 Å². The normalized spacial score (nSPS) is 24.2. The van der Waals surface area contributed by atoms with E-state index in [0.29, 0.717) is 29.2 Å². The van der Waals surface area contributed by atoms with E-state index in [4.69, 9.17) is 18.0 Å². The maximum absolute atomic E-state index is 12.2. The molecule has 3 N–H and O–H groups in total. The van der Waals surface area contributed by atoms with E-state index in [1.54, 1.807) is 6.07 Å². The summed E-state index contributed by atoms with van der Waals surface area (Å²) in [6.45, 7) is 0. The lowest BCUT2D eigenvalue weighted by Gasteiger charge is -2.21. The van der Waals surface area contributed by atoms with Crippen LogP contribution < -0.4 is 10.5 Å². The fourth-order valence-corrected chi connectivity index (χ4v) is 5.76. The summed E-state index contributed by atoms with van der Waals surface area (Å²) in [6, 6.07) is 2.97. The molecule has 1 aromatic rings. The first kappa shape index (κ1) is 15.0. The Morgan fingerprint density at radius 3 is 2.58 bits per heavy atom. The SMILES string of the molecule is NC(=S)c1ccc(S(=O)(=O)NC2CCS(=O)CC2)s1. The second kappa shape index (κ2) is 5.96. The summed E-state index contributed by atoms with van der Waals surface area (Å²) in [5.41, 5.74) is 5.46. The van der Waals surface area contributed by atoms with Crippen LogP contribution in [0.1, 0.15) is 17.7 Å². The fraction of sp³-hybridized carbons (Fsp3) is 0.500. The van der Waals surface area contributed by atoms with E-state index in [9.17, 15) is 12.6 Å². The van der Waals surface area contributed by atoms with Gasteiger partial charge in [0.15, 0.2) is 0 Å². The van der Waals surface area contributed by atoms with Gasteiger partial charge in [0.2, 0.25) is 10.0 Å². The van der Waals surface area contributed by atoms with Crippen LogP contribution in [0.15, 0.2) is 16.3 Å². The number of thiophene rings is 1. The van der Waals surface area contributed by atoms with Gasteiger partial charge in [0, 0.05) is 28.3 Å². The molecule has 1 aliphatic heterocycles. The first-order chi connectivity index (χ1) is 8.88. The van der Waals surface area contributed by atoms with Crippen molar-refractivity contribution in [3.05, 3.63) is 17.0 Å². The maximum atomic E-state index is 12.2. The van der Waals surface area contributed by atoms with E-state index in [0.717, 1.165) is 11.3 Å². The number of nitrogens with two attached hydrogens (primary N) is 1. The molecular weight excluding hydrogens is 324 g/mol. The summed E-state index contributed by atoms with van der Waals surface area (Å²) in [7, 11) is -4.34. The maximum Gasteiger partial charge on any atom is 0.250 e. The molecule has 0 atom stereocenters. The molecular formula is C10H14N2O3S4. The van der Waals surface area contributed by atoms with Crippen LogP contribution in [0.3, 0.4) is 0 Å². The van der Waals surface area contributed by atoms with Crippen LogP contribution in [-0.2, 0) is 20.8 Å². The number of thiocarbonyl (C=S) groups is 1. The predicted molar refractivity (Wildman–Crippen MR) is 81.4 cm³/mol. The average molecular weight is 339 g/mol. The molecule has 0 spiro atoms. The van der Waals surface area contributed by atoms with Gasteiger partial charge >= 0.3 is 0 Å². The van der Waals surface area contributed by atoms with Crippen molar-refractivity contribution in [1.82, 2.24) is 4.72 Å². The zero-order valence-electron chi connectivity index (χ0n) is 10.00. The molecule has 2 heterocycles. The van der Waals surface area contributed by atoms with Crippen molar-refractivity contribution in [3.63, 3.8) is 0 Å². The molecule has 0 aromatic carbocycles. The smallest absolute Gasteiger partial charge is 0.250 e. The van der Waals surface area contributed by atoms with Gasteiger partial charge in [0.05, 0.1) is 4.88 Å². The van der Waals surface area contributed by atoms with Crippen LogP contribution in [0.2, 0.25) is 0 Å². The van der Waals surface area contributed by atoms with Gasteiger partial charge in [0.25, 0.3) is 0 Å². The van der Waals surface area contributed by atoms with Gasteiger partial charge in [-0.05, 0) is 25.0 Å². The van der Waals surface area contributed by atoms with Gasteiger partial charge in [-0.3, -0.25) is 4.21 Å². The van der Waals surface area contributed by atoms with Crippen LogP contribution in [0.25, 0.3) is 0 Å². The van der Waals surface area contributed by atoms with Crippen LogP contribution in [0.4, 0.5) is 0 Å². The molecule has 1 aliphatic rings.